The van der Waals surface area contributed by atoms with Crippen molar-refractivity contribution in [3.8, 4) is 16.9 Å². The quantitative estimate of drug-likeness (QED) is 0.308. The average molecular weight is 478 g/mol. The molecule has 2 N–H and O–H groups in total. The Balaban J connectivity index is 1.59. The Morgan fingerprint density at radius 1 is 1.09 bits per heavy atom. The molecule has 35 heavy (non-hydrogen) atoms. The number of nitrogens with two attached hydrogens (primary N) is 1. The second-order valence-corrected chi connectivity index (χ2v) is 8.30. The molecule has 1 heterocycles. The number of carbonyl (C=O) groups excluding carboxylic acids is 1. The van der Waals surface area contributed by atoms with Crippen molar-refractivity contribution in [1.82, 2.24) is 0 Å². The monoisotopic (exact) mass is 477 g/mol. The van der Waals surface area contributed by atoms with Crippen LogP contribution < -0.4 is 10.5 Å². The summed E-state index contributed by atoms with van der Waals surface area (Å²) in [7, 11) is 1.55. The molecule has 0 aliphatic carbocycles. The lowest BCUT2D eigenvalue weighted by Gasteiger charge is -2.15. The summed E-state index contributed by atoms with van der Waals surface area (Å²) in [5.41, 5.74) is 9.22. The second-order valence-electron chi connectivity index (χ2n) is 8.30. The van der Waals surface area contributed by atoms with E-state index >= 15 is 4.39 Å². The maximum absolute atomic E-state index is 15.8. The molecule has 6 nitrogen and oxygen atoms in total. The van der Waals surface area contributed by atoms with Crippen LogP contribution in [0.3, 0.4) is 0 Å². The van der Waals surface area contributed by atoms with Gasteiger partial charge in [-0.25, -0.2) is 4.39 Å². The lowest BCUT2D eigenvalue weighted by molar-refractivity contribution is -0.149. The van der Waals surface area contributed by atoms with E-state index in [9.17, 15) is 4.79 Å². The number of methoxy groups -OCH3 is 1. The minimum atomic E-state index is -0.424. The minimum Gasteiger partial charge on any atom is -0.488 e. The molecule has 0 spiro atoms. The molecule has 4 rings (SSSR count). The predicted octanol–water partition coefficient (Wildman–Crippen LogP) is 5.40. The molecule has 3 aromatic carbocycles. The molecule has 0 amide bonds. The molecule has 4 aromatic rings. The molecule has 1 unspecified atom stereocenters. The first-order valence-electron chi connectivity index (χ1n) is 11.4. The number of halogens is 1. The summed E-state index contributed by atoms with van der Waals surface area (Å²) >= 11 is 0. The minimum absolute atomic E-state index is 0.0251. The first kappa shape index (κ1) is 24.4. The van der Waals surface area contributed by atoms with Crippen LogP contribution >= 0.6 is 0 Å². The van der Waals surface area contributed by atoms with Crippen LogP contribution in [0.15, 0.2) is 71.3 Å². The molecular weight excluding hydrogens is 449 g/mol. The van der Waals surface area contributed by atoms with Crippen LogP contribution in [0.1, 0.15) is 23.6 Å². The predicted molar refractivity (Wildman–Crippen MR) is 131 cm³/mol. The third kappa shape index (κ3) is 5.70. The van der Waals surface area contributed by atoms with Gasteiger partial charge in [0.15, 0.2) is 0 Å². The van der Waals surface area contributed by atoms with Gasteiger partial charge >= 0.3 is 5.97 Å². The highest BCUT2D eigenvalue weighted by Crippen LogP contribution is 2.35. The molecule has 0 radical (unpaired) electrons. The van der Waals surface area contributed by atoms with Gasteiger partial charge in [-0.2, -0.15) is 0 Å². The van der Waals surface area contributed by atoms with Crippen molar-refractivity contribution < 1.29 is 27.8 Å². The van der Waals surface area contributed by atoms with Crippen molar-refractivity contribution in [3.05, 3.63) is 89.4 Å². The first-order chi connectivity index (χ1) is 17.0. The zero-order valence-electron chi connectivity index (χ0n) is 19.8. The molecule has 182 valence electrons. The third-order valence-corrected chi connectivity index (χ3v) is 5.63. The van der Waals surface area contributed by atoms with Crippen LogP contribution in [-0.2, 0) is 33.8 Å². The zero-order valence-corrected chi connectivity index (χ0v) is 19.8. The SMILES string of the molecule is COCC(C)OC(=O)Cc1ccccc1OCc1cc2ccoc2c(-c2cccc(CN)c2)c1F. The van der Waals surface area contributed by atoms with Gasteiger partial charge in [-0.05, 0) is 42.3 Å². The highest BCUT2D eigenvalue weighted by molar-refractivity contribution is 5.93. The van der Waals surface area contributed by atoms with E-state index in [2.05, 4.69) is 0 Å². The van der Waals surface area contributed by atoms with Gasteiger partial charge in [0.05, 0.1) is 24.9 Å². The average Bonchev–Trinajstić information content (AvgIpc) is 3.31. The van der Waals surface area contributed by atoms with Crippen molar-refractivity contribution in [2.45, 2.75) is 32.6 Å². The van der Waals surface area contributed by atoms with Crippen molar-refractivity contribution in [3.63, 3.8) is 0 Å². The largest absolute Gasteiger partial charge is 0.488 e. The van der Waals surface area contributed by atoms with Gasteiger partial charge in [-0.1, -0.05) is 36.4 Å². The maximum Gasteiger partial charge on any atom is 0.310 e. The van der Waals surface area contributed by atoms with Crippen LogP contribution in [0.5, 0.6) is 5.75 Å². The number of para-hydroxylation sites is 1. The summed E-state index contributed by atoms with van der Waals surface area (Å²) in [4.78, 5) is 12.3. The number of esters is 1. The molecule has 0 fully saturated rings. The van der Waals surface area contributed by atoms with E-state index in [0.717, 1.165) is 10.9 Å². The molecule has 7 heteroatoms. The highest BCUT2D eigenvalue weighted by Gasteiger charge is 2.19. The second kappa shape index (κ2) is 11.2. The van der Waals surface area contributed by atoms with Gasteiger partial charge in [0.2, 0.25) is 0 Å². The molecule has 0 aliphatic rings. The lowest BCUT2D eigenvalue weighted by atomic mass is 9.98. The molecule has 0 saturated heterocycles. The Bertz CT molecular complexity index is 1320. The zero-order chi connectivity index (χ0) is 24.8. The molecule has 0 bridgehead atoms. The first-order valence-corrected chi connectivity index (χ1v) is 11.4. The fraction of sp³-hybridized carbons (Fsp3) is 0.250. The number of hydrogen-bond acceptors (Lipinski definition) is 6. The Morgan fingerprint density at radius 2 is 1.91 bits per heavy atom. The highest BCUT2D eigenvalue weighted by atomic mass is 19.1. The van der Waals surface area contributed by atoms with Gasteiger partial charge in [-0.3, -0.25) is 4.79 Å². The smallest absolute Gasteiger partial charge is 0.310 e. The van der Waals surface area contributed by atoms with Crippen LogP contribution in [0.4, 0.5) is 4.39 Å². The number of ether oxygens (including phenoxy) is 3. The van der Waals surface area contributed by atoms with Crippen molar-refractivity contribution in [2.24, 2.45) is 5.73 Å². The van der Waals surface area contributed by atoms with E-state index < -0.39 is 11.8 Å². The van der Waals surface area contributed by atoms with Gasteiger partial charge < -0.3 is 24.4 Å². The van der Waals surface area contributed by atoms with Gasteiger partial charge in [0, 0.05) is 30.2 Å². The van der Waals surface area contributed by atoms with Crippen LogP contribution in [-0.4, -0.2) is 25.8 Å². The van der Waals surface area contributed by atoms with E-state index in [4.69, 9.17) is 24.4 Å². The van der Waals surface area contributed by atoms with E-state index in [0.29, 0.717) is 46.7 Å². The van der Waals surface area contributed by atoms with Gasteiger partial charge in [-0.15, -0.1) is 0 Å². The summed E-state index contributed by atoms with van der Waals surface area (Å²) in [6.07, 6.45) is 1.22. The summed E-state index contributed by atoms with van der Waals surface area (Å²) in [6.45, 7) is 2.40. The number of hydrogen-bond donors (Lipinski definition) is 1. The normalized spacial score (nSPS) is 12.0. The Hall–Kier alpha value is -3.68. The number of benzene rings is 3. The van der Waals surface area contributed by atoms with Crippen LogP contribution in [0, 0.1) is 5.82 Å². The maximum atomic E-state index is 15.8. The standard InChI is InChI=1S/C28H28FNO5/c1-18(16-32-2)35-25(31)14-20-7-3-4-9-24(20)34-17-23-13-22-10-11-33-28(22)26(27(23)29)21-8-5-6-19(12-21)15-30/h3-13,18H,14-17,30H2,1-2H3. The topological polar surface area (TPSA) is 83.9 Å². The van der Waals surface area contributed by atoms with Gasteiger partial charge in [0.1, 0.15) is 29.9 Å². The van der Waals surface area contributed by atoms with Crippen LogP contribution in [0.25, 0.3) is 22.1 Å². The van der Waals surface area contributed by atoms with Crippen LogP contribution in [0.2, 0.25) is 0 Å². The van der Waals surface area contributed by atoms with E-state index in [-0.39, 0.29) is 19.1 Å². The number of furan rings is 1. The van der Waals surface area contributed by atoms with E-state index in [1.165, 1.54) is 6.26 Å². The van der Waals surface area contributed by atoms with Gasteiger partial charge in [0.25, 0.3) is 0 Å². The summed E-state index contributed by atoms with van der Waals surface area (Å²) in [6, 6.07) is 18.1. The molecular formula is C28H28FNO5. The van der Waals surface area contributed by atoms with Crippen molar-refractivity contribution >= 4 is 16.9 Å². The Labute approximate surface area is 203 Å². The Morgan fingerprint density at radius 3 is 2.71 bits per heavy atom. The van der Waals surface area contributed by atoms with E-state index in [1.54, 1.807) is 44.4 Å². The fourth-order valence-corrected chi connectivity index (χ4v) is 4.00. The third-order valence-electron chi connectivity index (χ3n) is 5.63. The number of fused-ring (bicyclic) bond motifs is 1. The van der Waals surface area contributed by atoms with E-state index in [1.807, 2.05) is 30.3 Å². The molecule has 0 saturated carbocycles. The molecule has 1 atom stereocenters. The summed E-state index contributed by atoms with van der Waals surface area (Å²) in [5, 5.41) is 0.766. The summed E-state index contributed by atoms with van der Waals surface area (Å²) in [5.74, 6) is -0.326. The molecule has 1 aromatic heterocycles. The van der Waals surface area contributed by atoms with Crippen molar-refractivity contribution in [1.29, 1.82) is 0 Å². The number of rotatable bonds is 10. The van der Waals surface area contributed by atoms with Crippen molar-refractivity contribution in [2.75, 3.05) is 13.7 Å². The lowest BCUT2D eigenvalue weighted by Crippen LogP contribution is -2.21. The Kier molecular flexibility index (Phi) is 7.80. The molecule has 0 aliphatic heterocycles. The summed E-state index contributed by atoms with van der Waals surface area (Å²) < 4.78 is 37.7. The number of carbonyl (C=O) groups is 1. The fourth-order valence-electron chi connectivity index (χ4n) is 4.00.